The lowest BCUT2D eigenvalue weighted by molar-refractivity contribution is 0.0992. The van der Waals surface area contributed by atoms with Gasteiger partial charge in [0.15, 0.2) is 5.96 Å². The number of aliphatic imine (C=N–C) groups is 1. The van der Waals surface area contributed by atoms with Crippen LogP contribution >= 0.6 is 0 Å². The van der Waals surface area contributed by atoms with Gasteiger partial charge in [-0.1, -0.05) is 0 Å². The maximum absolute atomic E-state index is 5.88. The van der Waals surface area contributed by atoms with Gasteiger partial charge in [-0.15, -0.1) is 0 Å². The first kappa shape index (κ1) is 15.1. The molecule has 0 aromatic rings. The normalized spacial score (nSPS) is 31.7. The number of hydrogen-bond acceptors (Lipinski definition) is 3. The Bertz CT molecular complexity index is 357. The molecular formula is C16H29N3O2. The van der Waals surface area contributed by atoms with E-state index in [1.54, 1.807) is 0 Å². The van der Waals surface area contributed by atoms with Crippen molar-refractivity contribution in [3.8, 4) is 0 Å². The first-order valence-electron chi connectivity index (χ1n) is 8.63. The van der Waals surface area contributed by atoms with Crippen LogP contribution in [0.4, 0.5) is 0 Å². The Morgan fingerprint density at radius 1 is 1.29 bits per heavy atom. The maximum atomic E-state index is 5.88. The minimum atomic E-state index is 0.390. The van der Waals surface area contributed by atoms with Crippen LogP contribution in [0.2, 0.25) is 0 Å². The monoisotopic (exact) mass is 295 g/mol. The van der Waals surface area contributed by atoms with Crippen molar-refractivity contribution in [3.05, 3.63) is 0 Å². The highest BCUT2D eigenvalue weighted by molar-refractivity contribution is 5.80. The first-order chi connectivity index (χ1) is 10.3. The van der Waals surface area contributed by atoms with Crippen LogP contribution in [-0.2, 0) is 9.47 Å². The van der Waals surface area contributed by atoms with Gasteiger partial charge in [0.25, 0.3) is 0 Å². The predicted octanol–water partition coefficient (Wildman–Crippen LogP) is 1.68. The maximum Gasteiger partial charge on any atom is 0.191 e. The quantitative estimate of drug-likeness (QED) is 0.406. The van der Waals surface area contributed by atoms with Crippen molar-refractivity contribution in [1.82, 2.24) is 10.6 Å². The number of fused-ring (bicyclic) bond motifs is 2. The zero-order valence-electron chi connectivity index (χ0n) is 13.1. The molecule has 2 aliphatic heterocycles. The largest absolute Gasteiger partial charge is 0.381 e. The van der Waals surface area contributed by atoms with Crippen molar-refractivity contribution in [3.63, 3.8) is 0 Å². The van der Waals surface area contributed by atoms with E-state index in [2.05, 4.69) is 22.5 Å². The summed E-state index contributed by atoms with van der Waals surface area (Å²) in [6, 6.07) is 0.438. The Labute approximate surface area is 127 Å². The van der Waals surface area contributed by atoms with Gasteiger partial charge in [0, 0.05) is 26.3 Å². The molecule has 0 aromatic heterocycles. The molecule has 120 valence electrons. The molecule has 3 fully saturated rings. The second-order valence-corrected chi connectivity index (χ2v) is 6.49. The topological polar surface area (TPSA) is 54.9 Å². The third-order valence-electron chi connectivity index (χ3n) is 4.54. The standard InChI is InChI=1S/C16H29N3O2/c1-2-17-16(18-8-3-9-20-11-12-4-5-12)19-14-10-13-6-7-15(14)21-13/h12-15H,2-11H2,1H3,(H2,17,18,19). The third-order valence-corrected chi connectivity index (χ3v) is 4.54. The minimum Gasteiger partial charge on any atom is -0.381 e. The molecule has 3 aliphatic rings. The summed E-state index contributed by atoms with van der Waals surface area (Å²) in [5, 5.41) is 6.87. The second kappa shape index (κ2) is 7.45. The van der Waals surface area contributed by atoms with Gasteiger partial charge < -0.3 is 20.1 Å². The number of nitrogens with one attached hydrogen (secondary N) is 2. The van der Waals surface area contributed by atoms with E-state index >= 15 is 0 Å². The Hall–Kier alpha value is -0.810. The Morgan fingerprint density at radius 2 is 2.19 bits per heavy atom. The molecule has 0 amide bonds. The van der Waals surface area contributed by atoms with E-state index in [0.717, 1.165) is 51.0 Å². The summed E-state index contributed by atoms with van der Waals surface area (Å²) >= 11 is 0. The average molecular weight is 295 g/mol. The molecule has 3 rings (SSSR count). The fourth-order valence-corrected chi connectivity index (χ4v) is 3.18. The lowest BCUT2D eigenvalue weighted by Gasteiger charge is -2.22. The lowest BCUT2D eigenvalue weighted by Crippen LogP contribution is -2.47. The summed E-state index contributed by atoms with van der Waals surface area (Å²) < 4.78 is 11.5. The van der Waals surface area contributed by atoms with Crippen molar-refractivity contribution in [1.29, 1.82) is 0 Å². The molecule has 0 aromatic carbocycles. The molecular weight excluding hydrogens is 266 g/mol. The van der Waals surface area contributed by atoms with Crippen molar-refractivity contribution >= 4 is 5.96 Å². The molecule has 2 heterocycles. The van der Waals surface area contributed by atoms with E-state index in [9.17, 15) is 0 Å². The van der Waals surface area contributed by atoms with Gasteiger partial charge in [-0.25, -0.2) is 0 Å². The molecule has 21 heavy (non-hydrogen) atoms. The summed E-state index contributed by atoms with van der Waals surface area (Å²) in [5.41, 5.74) is 0. The summed E-state index contributed by atoms with van der Waals surface area (Å²) in [4.78, 5) is 4.65. The fourth-order valence-electron chi connectivity index (χ4n) is 3.18. The highest BCUT2D eigenvalue weighted by Crippen LogP contribution is 2.34. The summed E-state index contributed by atoms with van der Waals surface area (Å²) in [5.74, 6) is 1.78. The summed E-state index contributed by atoms with van der Waals surface area (Å²) in [6.45, 7) is 5.60. The SMILES string of the molecule is CCNC(=NCCCOCC1CC1)NC1CC2CCC1O2. The van der Waals surface area contributed by atoms with Crippen LogP contribution in [0.1, 0.15) is 45.4 Å². The Kier molecular flexibility index (Phi) is 5.36. The van der Waals surface area contributed by atoms with E-state index in [-0.39, 0.29) is 0 Å². The van der Waals surface area contributed by atoms with Crippen molar-refractivity contribution in [2.45, 2.75) is 63.7 Å². The van der Waals surface area contributed by atoms with Gasteiger partial charge in [0.1, 0.15) is 0 Å². The number of guanidine groups is 1. The molecule has 3 unspecified atom stereocenters. The average Bonchev–Trinajstić information content (AvgIpc) is 3.07. The molecule has 1 saturated carbocycles. The van der Waals surface area contributed by atoms with Gasteiger partial charge in [-0.2, -0.15) is 0 Å². The van der Waals surface area contributed by atoms with Crippen molar-refractivity contribution < 1.29 is 9.47 Å². The third kappa shape index (κ3) is 4.58. The van der Waals surface area contributed by atoms with Crippen molar-refractivity contribution in [2.24, 2.45) is 10.9 Å². The van der Waals surface area contributed by atoms with Gasteiger partial charge in [-0.3, -0.25) is 4.99 Å². The Balaban J connectivity index is 1.35. The van der Waals surface area contributed by atoms with E-state index in [0.29, 0.717) is 18.2 Å². The van der Waals surface area contributed by atoms with Crippen molar-refractivity contribution in [2.75, 3.05) is 26.3 Å². The first-order valence-corrected chi connectivity index (χ1v) is 8.63. The van der Waals surface area contributed by atoms with E-state index < -0.39 is 0 Å². The van der Waals surface area contributed by atoms with Crippen LogP contribution in [0.5, 0.6) is 0 Å². The Morgan fingerprint density at radius 3 is 2.86 bits per heavy atom. The van der Waals surface area contributed by atoms with E-state index in [1.165, 1.54) is 25.7 Å². The number of rotatable bonds is 8. The van der Waals surface area contributed by atoms with Gasteiger partial charge in [0.2, 0.25) is 0 Å². The molecule has 2 bridgehead atoms. The molecule has 0 radical (unpaired) electrons. The van der Waals surface area contributed by atoms with Crippen LogP contribution in [0.3, 0.4) is 0 Å². The smallest absolute Gasteiger partial charge is 0.191 e. The lowest BCUT2D eigenvalue weighted by atomic mass is 9.96. The van der Waals surface area contributed by atoms with Gasteiger partial charge in [-0.05, 0) is 51.4 Å². The summed E-state index contributed by atoms with van der Waals surface area (Å²) in [6.07, 6.45) is 8.13. The highest BCUT2D eigenvalue weighted by atomic mass is 16.5. The molecule has 3 atom stereocenters. The number of nitrogens with zero attached hydrogens (tertiary/aromatic N) is 1. The van der Waals surface area contributed by atoms with Crippen LogP contribution in [-0.4, -0.2) is 50.5 Å². The van der Waals surface area contributed by atoms with E-state index in [1.807, 2.05) is 0 Å². The minimum absolute atomic E-state index is 0.390. The zero-order valence-corrected chi connectivity index (χ0v) is 13.1. The molecule has 0 spiro atoms. The van der Waals surface area contributed by atoms with Gasteiger partial charge in [0.05, 0.1) is 18.2 Å². The molecule has 2 N–H and O–H groups in total. The fraction of sp³-hybridized carbons (Fsp3) is 0.938. The number of ether oxygens (including phenoxy) is 2. The van der Waals surface area contributed by atoms with Crippen LogP contribution in [0.25, 0.3) is 0 Å². The molecule has 1 aliphatic carbocycles. The van der Waals surface area contributed by atoms with Crippen LogP contribution < -0.4 is 10.6 Å². The second-order valence-electron chi connectivity index (χ2n) is 6.49. The predicted molar refractivity (Wildman–Crippen MR) is 83.6 cm³/mol. The molecule has 5 nitrogen and oxygen atoms in total. The highest BCUT2D eigenvalue weighted by Gasteiger charge is 2.41. The zero-order chi connectivity index (χ0) is 14.5. The van der Waals surface area contributed by atoms with Crippen LogP contribution in [0, 0.1) is 5.92 Å². The van der Waals surface area contributed by atoms with Gasteiger partial charge >= 0.3 is 0 Å². The van der Waals surface area contributed by atoms with E-state index in [4.69, 9.17) is 9.47 Å². The van der Waals surface area contributed by atoms with Crippen LogP contribution in [0.15, 0.2) is 4.99 Å². The summed E-state index contributed by atoms with van der Waals surface area (Å²) in [7, 11) is 0. The molecule has 5 heteroatoms. The molecule has 2 saturated heterocycles. The number of hydrogen-bond donors (Lipinski definition) is 2.